The lowest BCUT2D eigenvalue weighted by atomic mass is 9.97. The quantitative estimate of drug-likeness (QED) is 0.345. The number of nitrogens with one attached hydrogen (secondary N) is 1. The number of benzene rings is 3. The molecule has 4 rings (SSSR count). The number of fused-ring (bicyclic) bond motifs is 1. The van der Waals surface area contributed by atoms with E-state index in [2.05, 4.69) is 15.3 Å². The van der Waals surface area contributed by atoms with E-state index in [0.717, 1.165) is 16.5 Å². The molecule has 0 aliphatic rings. The molecule has 0 fully saturated rings. The third-order valence-electron chi connectivity index (χ3n) is 5.76. The maximum atomic E-state index is 12.8. The van der Waals surface area contributed by atoms with Gasteiger partial charge in [0.2, 0.25) is 5.95 Å². The number of carbonyl (C=O) groups excluding carboxylic acids is 2. The summed E-state index contributed by atoms with van der Waals surface area (Å²) in [5, 5.41) is 23.1. The fourth-order valence-corrected chi connectivity index (χ4v) is 3.90. The van der Waals surface area contributed by atoms with Crippen LogP contribution in [0.2, 0.25) is 0 Å². The van der Waals surface area contributed by atoms with Gasteiger partial charge in [-0.05, 0) is 41.8 Å². The highest BCUT2D eigenvalue weighted by Gasteiger charge is 2.15. The molecule has 0 amide bonds. The molecule has 0 saturated carbocycles. The van der Waals surface area contributed by atoms with Crippen LogP contribution < -0.4 is 5.32 Å². The topological polar surface area (TPSA) is 112 Å². The zero-order chi connectivity index (χ0) is 24.2. The first-order valence-corrected chi connectivity index (χ1v) is 10.9. The third kappa shape index (κ3) is 4.71. The zero-order valence-corrected chi connectivity index (χ0v) is 19.0. The van der Waals surface area contributed by atoms with E-state index in [-0.39, 0.29) is 31.2 Å². The average molecular weight is 456 g/mol. The van der Waals surface area contributed by atoms with E-state index >= 15 is 0 Å². The lowest BCUT2D eigenvalue weighted by Crippen LogP contribution is -2.05. The van der Waals surface area contributed by atoms with Gasteiger partial charge in [-0.25, -0.2) is 9.97 Å². The van der Waals surface area contributed by atoms with Crippen LogP contribution in [-0.4, -0.2) is 38.8 Å². The summed E-state index contributed by atoms with van der Waals surface area (Å²) in [5.41, 5.74) is 5.27. The Hall–Kier alpha value is -3.94. The van der Waals surface area contributed by atoms with Gasteiger partial charge >= 0.3 is 0 Å². The number of aliphatic hydroxyl groups is 2. The van der Waals surface area contributed by atoms with Crippen molar-refractivity contribution in [3.63, 3.8) is 0 Å². The molecule has 3 N–H and O–H groups in total. The molecule has 0 saturated heterocycles. The molecule has 1 aromatic heterocycles. The molecule has 0 aliphatic carbocycles. The van der Waals surface area contributed by atoms with Gasteiger partial charge in [-0.2, -0.15) is 0 Å². The van der Waals surface area contributed by atoms with Crippen molar-refractivity contribution in [2.24, 2.45) is 0 Å². The fourth-order valence-electron chi connectivity index (χ4n) is 3.90. The molecule has 0 atom stereocenters. The summed E-state index contributed by atoms with van der Waals surface area (Å²) in [5.74, 6) is 0.334. The van der Waals surface area contributed by atoms with Crippen molar-refractivity contribution in [1.29, 1.82) is 0 Å². The van der Waals surface area contributed by atoms with Gasteiger partial charge in [-0.15, -0.1) is 0 Å². The number of hydrogen-bond donors (Lipinski definition) is 3. The molecule has 0 radical (unpaired) electrons. The summed E-state index contributed by atoms with van der Waals surface area (Å²) >= 11 is 0. The van der Waals surface area contributed by atoms with Gasteiger partial charge in [0.1, 0.15) is 0 Å². The summed E-state index contributed by atoms with van der Waals surface area (Å²) in [6.45, 7) is 1.08. The minimum absolute atomic E-state index is 0.0415. The second kappa shape index (κ2) is 9.91. The van der Waals surface area contributed by atoms with Crippen LogP contribution in [-0.2, 0) is 19.6 Å². The predicted molar refractivity (Wildman–Crippen MR) is 131 cm³/mol. The standard InChI is InChI=1S/C27H25N3O4/c1-16(33)18-6-8-19(9-7-18)25(34)11-17-4-3-5-20(10-17)26-23-12-21(14-31)22(15-32)13-24(23)29-27(28-2)30-26/h3-10,12-13,31-32H,11,14-15H2,1-2H3,(H,28,29,30). The van der Waals surface area contributed by atoms with E-state index in [0.29, 0.717) is 39.4 Å². The molecule has 3 aromatic carbocycles. The van der Waals surface area contributed by atoms with Crippen LogP contribution >= 0.6 is 0 Å². The number of anilines is 1. The number of carbonyl (C=O) groups is 2. The minimum atomic E-state index is -0.212. The summed E-state index contributed by atoms with van der Waals surface area (Å²) < 4.78 is 0. The van der Waals surface area contributed by atoms with Crippen LogP contribution in [0.25, 0.3) is 22.2 Å². The second-order valence-corrected chi connectivity index (χ2v) is 8.03. The lowest BCUT2D eigenvalue weighted by molar-refractivity contribution is 0.0987. The SMILES string of the molecule is CNc1nc(-c2cccc(CC(=O)c3ccc(C(C)=O)cc3)c2)c2cc(CO)c(CO)cc2n1. The molecular formula is C27H25N3O4. The monoisotopic (exact) mass is 455 g/mol. The Balaban J connectivity index is 1.72. The number of aliphatic hydroxyl groups excluding tert-OH is 2. The zero-order valence-electron chi connectivity index (χ0n) is 19.0. The normalized spacial score (nSPS) is 10.9. The number of nitrogens with zero attached hydrogens (tertiary/aromatic N) is 2. The molecule has 172 valence electrons. The van der Waals surface area contributed by atoms with Crippen molar-refractivity contribution in [1.82, 2.24) is 9.97 Å². The summed E-state index contributed by atoms with van der Waals surface area (Å²) in [7, 11) is 1.73. The molecule has 0 aliphatic heterocycles. The molecule has 0 spiro atoms. The van der Waals surface area contributed by atoms with Gasteiger partial charge in [0, 0.05) is 35.5 Å². The highest BCUT2D eigenvalue weighted by atomic mass is 16.3. The number of aromatic nitrogens is 2. The summed E-state index contributed by atoms with van der Waals surface area (Å²) in [6.07, 6.45) is 0.200. The van der Waals surface area contributed by atoms with E-state index in [1.807, 2.05) is 24.3 Å². The van der Waals surface area contributed by atoms with Gasteiger partial charge < -0.3 is 15.5 Å². The Morgan fingerprint density at radius 3 is 2.21 bits per heavy atom. The van der Waals surface area contributed by atoms with Crippen LogP contribution in [0.1, 0.15) is 44.3 Å². The Kier molecular flexibility index (Phi) is 6.77. The van der Waals surface area contributed by atoms with Crippen molar-refractivity contribution in [2.45, 2.75) is 26.6 Å². The van der Waals surface area contributed by atoms with E-state index in [4.69, 9.17) is 0 Å². The number of Topliss-reactive ketones (excluding diaryl/α,β-unsaturated/α-hetero) is 2. The van der Waals surface area contributed by atoms with E-state index in [1.54, 1.807) is 43.4 Å². The Bertz CT molecular complexity index is 1380. The van der Waals surface area contributed by atoms with Crippen LogP contribution in [0.5, 0.6) is 0 Å². The van der Waals surface area contributed by atoms with E-state index < -0.39 is 0 Å². The van der Waals surface area contributed by atoms with Crippen LogP contribution in [0.4, 0.5) is 5.95 Å². The van der Waals surface area contributed by atoms with E-state index in [9.17, 15) is 19.8 Å². The van der Waals surface area contributed by atoms with Crippen molar-refractivity contribution < 1.29 is 19.8 Å². The number of rotatable bonds is 8. The van der Waals surface area contributed by atoms with Crippen molar-refractivity contribution >= 4 is 28.4 Å². The molecule has 0 unspecified atom stereocenters. The first-order valence-electron chi connectivity index (χ1n) is 10.9. The molecule has 7 heteroatoms. The maximum Gasteiger partial charge on any atom is 0.223 e. The van der Waals surface area contributed by atoms with E-state index in [1.165, 1.54) is 6.92 Å². The lowest BCUT2D eigenvalue weighted by Gasteiger charge is -2.13. The highest BCUT2D eigenvalue weighted by molar-refractivity contribution is 6.00. The largest absolute Gasteiger partial charge is 0.392 e. The van der Waals surface area contributed by atoms with Gasteiger partial charge in [0.15, 0.2) is 11.6 Å². The number of hydrogen-bond acceptors (Lipinski definition) is 7. The Morgan fingerprint density at radius 2 is 1.56 bits per heavy atom. The summed E-state index contributed by atoms with van der Waals surface area (Å²) in [4.78, 5) is 33.5. The number of ketones is 2. The van der Waals surface area contributed by atoms with Crippen molar-refractivity contribution in [3.8, 4) is 11.3 Å². The smallest absolute Gasteiger partial charge is 0.223 e. The highest BCUT2D eigenvalue weighted by Crippen LogP contribution is 2.30. The second-order valence-electron chi connectivity index (χ2n) is 8.03. The van der Waals surface area contributed by atoms with Crippen molar-refractivity contribution in [3.05, 3.63) is 88.5 Å². The van der Waals surface area contributed by atoms with Crippen LogP contribution in [0.15, 0.2) is 60.7 Å². The molecular weight excluding hydrogens is 430 g/mol. The third-order valence-corrected chi connectivity index (χ3v) is 5.76. The maximum absolute atomic E-state index is 12.8. The van der Waals surface area contributed by atoms with Crippen molar-refractivity contribution in [2.75, 3.05) is 12.4 Å². The van der Waals surface area contributed by atoms with Crippen LogP contribution in [0.3, 0.4) is 0 Å². The van der Waals surface area contributed by atoms with Gasteiger partial charge in [0.05, 0.1) is 24.4 Å². The van der Waals surface area contributed by atoms with Gasteiger partial charge in [0.25, 0.3) is 0 Å². The molecule has 34 heavy (non-hydrogen) atoms. The predicted octanol–water partition coefficient (Wildman–Crippen LogP) is 3.95. The fraction of sp³-hybridized carbons (Fsp3) is 0.185. The average Bonchev–Trinajstić information content (AvgIpc) is 2.87. The van der Waals surface area contributed by atoms with Crippen LogP contribution in [0, 0.1) is 0 Å². The first kappa shape index (κ1) is 23.2. The molecule has 7 nitrogen and oxygen atoms in total. The van der Waals surface area contributed by atoms with Gasteiger partial charge in [-0.3, -0.25) is 9.59 Å². The first-order chi connectivity index (χ1) is 16.4. The Morgan fingerprint density at radius 1 is 0.882 bits per heavy atom. The summed E-state index contributed by atoms with van der Waals surface area (Å²) in [6, 6.07) is 17.8. The van der Waals surface area contributed by atoms with Gasteiger partial charge in [-0.1, -0.05) is 42.5 Å². The molecule has 1 heterocycles. The molecule has 4 aromatic rings. The minimum Gasteiger partial charge on any atom is -0.392 e. The molecule has 0 bridgehead atoms. The Labute approximate surface area is 197 Å².